The van der Waals surface area contributed by atoms with Gasteiger partial charge >= 0.3 is 0 Å². The number of carbonyl (C=O) groups is 1. The number of nitrogens with zero attached hydrogens (tertiary/aromatic N) is 2. The van der Waals surface area contributed by atoms with Crippen LogP contribution in [0.2, 0.25) is 5.02 Å². The smallest absolute Gasteiger partial charge is 0.250 e. The summed E-state index contributed by atoms with van der Waals surface area (Å²) in [6.07, 6.45) is 3.09. The standard InChI is InChI=1S/C15H17ClN4O2/c1-9(2)22-15-10(4-3-5-18-15)7-19-14-12(16)6-11(8-20-14)13(17)21/h3-6,8-9H,7H2,1-2H3,(H2,17,21)(H,19,20). The number of pyridine rings is 2. The number of hydrogen-bond donors (Lipinski definition) is 2. The second-order valence-corrected chi connectivity index (χ2v) is 5.31. The number of nitrogens with two attached hydrogens (primary N) is 1. The van der Waals surface area contributed by atoms with Gasteiger partial charge in [-0.05, 0) is 26.0 Å². The summed E-state index contributed by atoms with van der Waals surface area (Å²) >= 11 is 6.08. The summed E-state index contributed by atoms with van der Waals surface area (Å²) in [5.74, 6) is 0.460. The molecule has 2 aromatic rings. The zero-order chi connectivity index (χ0) is 16.1. The highest BCUT2D eigenvalue weighted by Gasteiger charge is 2.10. The second kappa shape index (κ2) is 7.09. The van der Waals surface area contributed by atoms with E-state index in [9.17, 15) is 4.79 Å². The lowest BCUT2D eigenvalue weighted by molar-refractivity contribution is 0.1000. The fourth-order valence-corrected chi connectivity index (χ4v) is 2.00. The molecule has 0 bridgehead atoms. The van der Waals surface area contributed by atoms with E-state index in [-0.39, 0.29) is 11.7 Å². The fourth-order valence-electron chi connectivity index (χ4n) is 1.77. The number of halogens is 1. The Kier molecular flexibility index (Phi) is 5.16. The van der Waals surface area contributed by atoms with E-state index in [1.807, 2.05) is 26.0 Å². The van der Waals surface area contributed by atoms with Crippen LogP contribution in [0.5, 0.6) is 5.88 Å². The van der Waals surface area contributed by atoms with Crippen molar-refractivity contribution in [3.8, 4) is 5.88 Å². The molecule has 0 saturated carbocycles. The van der Waals surface area contributed by atoms with Crippen LogP contribution in [0.15, 0.2) is 30.6 Å². The number of nitrogens with one attached hydrogen (secondary N) is 1. The Morgan fingerprint density at radius 1 is 1.45 bits per heavy atom. The van der Waals surface area contributed by atoms with Gasteiger partial charge in [-0.2, -0.15) is 0 Å². The second-order valence-electron chi connectivity index (χ2n) is 4.91. The number of carbonyl (C=O) groups excluding carboxylic acids is 1. The molecule has 0 aliphatic carbocycles. The van der Waals surface area contributed by atoms with Crippen molar-refractivity contribution in [2.45, 2.75) is 26.5 Å². The molecule has 0 saturated heterocycles. The molecule has 0 unspecified atom stereocenters. The molecular formula is C15H17ClN4O2. The lowest BCUT2D eigenvalue weighted by atomic mass is 10.2. The van der Waals surface area contributed by atoms with Gasteiger partial charge in [0.1, 0.15) is 5.82 Å². The maximum atomic E-state index is 11.1. The first-order chi connectivity index (χ1) is 10.5. The lowest BCUT2D eigenvalue weighted by Gasteiger charge is -2.14. The maximum Gasteiger partial charge on any atom is 0.250 e. The third kappa shape index (κ3) is 4.08. The van der Waals surface area contributed by atoms with Crippen LogP contribution < -0.4 is 15.8 Å². The van der Waals surface area contributed by atoms with E-state index in [1.54, 1.807) is 6.20 Å². The molecule has 6 nitrogen and oxygen atoms in total. The van der Waals surface area contributed by atoms with Crippen molar-refractivity contribution in [1.29, 1.82) is 0 Å². The summed E-state index contributed by atoms with van der Waals surface area (Å²) in [6, 6.07) is 5.22. The van der Waals surface area contributed by atoms with Gasteiger partial charge in [0.05, 0.1) is 16.7 Å². The van der Waals surface area contributed by atoms with E-state index in [0.717, 1.165) is 5.56 Å². The SMILES string of the molecule is CC(C)Oc1ncccc1CNc1ncc(C(N)=O)cc1Cl. The van der Waals surface area contributed by atoms with Gasteiger partial charge in [-0.1, -0.05) is 17.7 Å². The number of ether oxygens (including phenoxy) is 1. The van der Waals surface area contributed by atoms with E-state index < -0.39 is 5.91 Å². The predicted molar refractivity (Wildman–Crippen MR) is 85.1 cm³/mol. The van der Waals surface area contributed by atoms with Crippen LogP contribution in [-0.4, -0.2) is 22.0 Å². The Bertz CT molecular complexity index is 676. The van der Waals surface area contributed by atoms with Gasteiger partial charge in [0.2, 0.25) is 11.8 Å². The van der Waals surface area contributed by atoms with Crippen LogP contribution in [0.25, 0.3) is 0 Å². The summed E-state index contributed by atoms with van der Waals surface area (Å²) in [5.41, 5.74) is 6.33. The Labute approximate surface area is 133 Å². The molecule has 2 aromatic heterocycles. The minimum atomic E-state index is -0.569. The van der Waals surface area contributed by atoms with Gasteiger partial charge in [-0.25, -0.2) is 9.97 Å². The van der Waals surface area contributed by atoms with Crippen molar-refractivity contribution < 1.29 is 9.53 Å². The Morgan fingerprint density at radius 3 is 2.86 bits per heavy atom. The molecule has 0 fully saturated rings. The molecular weight excluding hydrogens is 304 g/mol. The molecule has 0 radical (unpaired) electrons. The highest BCUT2D eigenvalue weighted by molar-refractivity contribution is 6.33. The molecule has 0 aliphatic rings. The average Bonchev–Trinajstić information content (AvgIpc) is 2.46. The van der Waals surface area contributed by atoms with Crippen molar-refractivity contribution >= 4 is 23.3 Å². The number of primary amides is 1. The highest BCUT2D eigenvalue weighted by atomic mass is 35.5. The lowest BCUT2D eigenvalue weighted by Crippen LogP contribution is -2.13. The third-order valence-electron chi connectivity index (χ3n) is 2.77. The molecule has 7 heteroatoms. The summed E-state index contributed by atoms with van der Waals surface area (Å²) in [7, 11) is 0. The van der Waals surface area contributed by atoms with E-state index in [4.69, 9.17) is 22.1 Å². The van der Waals surface area contributed by atoms with E-state index in [2.05, 4.69) is 15.3 Å². The van der Waals surface area contributed by atoms with Crippen LogP contribution in [0.4, 0.5) is 5.82 Å². The van der Waals surface area contributed by atoms with E-state index >= 15 is 0 Å². The molecule has 0 aliphatic heterocycles. The first kappa shape index (κ1) is 16.0. The number of hydrogen-bond acceptors (Lipinski definition) is 5. The molecule has 2 heterocycles. The molecule has 1 amide bonds. The number of rotatable bonds is 6. The van der Waals surface area contributed by atoms with Gasteiger partial charge in [-0.3, -0.25) is 4.79 Å². The van der Waals surface area contributed by atoms with Gasteiger partial charge in [-0.15, -0.1) is 0 Å². The monoisotopic (exact) mass is 320 g/mol. The van der Waals surface area contributed by atoms with Gasteiger partial charge in [0, 0.05) is 24.5 Å². The highest BCUT2D eigenvalue weighted by Crippen LogP contribution is 2.22. The number of aromatic nitrogens is 2. The van der Waals surface area contributed by atoms with Crippen LogP contribution in [0.3, 0.4) is 0 Å². The van der Waals surface area contributed by atoms with Crippen LogP contribution in [0, 0.1) is 0 Å². The van der Waals surface area contributed by atoms with Crippen LogP contribution in [0.1, 0.15) is 29.8 Å². The Balaban J connectivity index is 2.12. The molecule has 3 N–H and O–H groups in total. The zero-order valence-electron chi connectivity index (χ0n) is 12.3. The first-order valence-electron chi connectivity index (χ1n) is 6.77. The minimum absolute atomic E-state index is 0.0326. The van der Waals surface area contributed by atoms with Crippen LogP contribution in [-0.2, 0) is 6.54 Å². The molecule has 0 atom stereocenters. The Hall–Kier alpha value is -2.34. The quantitative estimate of drug-likeness (QED) is 0.854. The van der Waals surface area contributed by atoms with E-state index in [1.165, 1.54) is 12.3 Å². The summed E-state index contributed by atoms with van der Waals surface area (Å²) < 4.78 is 5.65. The van der Waals surface area contributed by atoms with Crippen molar-refractivity contribution in [2.24, 2.45) is 5.73 Å². The van der Waals surface area contributed by atoms with Crippen molar-refractivity contribution in [2.75, 3.05) is 5.32 Å². The summed E-state index contributed by atoms with van der Waals surface area (Å²) in [4.78, 5) is 19.4. The Morgan fingerprint density at radius 2 is 2.23 bits per heavy atom. The maximum absolute atomic E-state index is 11.1. The fraction of sp³-hybridized carbons (Fsp3) is 0.267. The van der Waals surface area contributed by atoms with Gasteiger partial charge in [0.25, 0.3) is 0 Å². The molecule has 0 aromatic carbocycles. The van der Waals surface area contributed by atoms with Crippen LogP contribution >= 0.6 is 11.6 Å². The number of amides is 1. The van der Waals surface area contributed by atoms with Crippen molar-refractivity contribution in [3.05, 3.63) is 46.7 Å². The van der Waals surface area contributed by atoms with Crippen molar-refractivity contribution in [1.82, 2.24) is 9.97 Å². The molecule has 2 rings (SSSR count). The van der Waals surface area contributed by atoms with Gasteiger partial charge in [0.15, 0.2) is 0 Å². The topological polar surface area (TPSA) is 90.1 Å². The molecule has 116 valence electrons. The van der Waals surface area contributed by atoms with E-state index in [0.29, 0.717) is 23.3 Å². The zero-order valence-corrected chi connectivity index (χ0v) is 13.1. The number of anilines is 1. The van der Waals surface area contributed by atoms with Gasteiger partial charge < -0.3 is 15.8 Å². The first-order valence-corrected chi connectivity index (χ1v) is 7.15. The third-order valence-corrected chi connectivity index (χ3v) is 3.06. The molecule has 22 heavy (non-hydrogen) atoms. The van der Waals surface area contributed by atoms with Crippen molar-refractivity contribution in [3.63, 3.8) is 0 Å². The minimum Gasteiger partial charge on any atom is -0.475 e. The largest absolute Gasteiger partial charge is 0.475 e. The molecule has 0 spiro atoms. The summed E-state index contributed by atoms with van der Waals surface area (Å²) in [6.45, 7) is 4.32. The summed E-state index contributed by atoms with van der Waals surface area (Å²) in [5, 5.41) is 3.42. The average molecular weight is 321 g/mol. The normalized spacial score (nSPS) is 10.5. The predicted octanol–water partition coefficient (Wildman–Crippen LogP) is 2.63.